The van der Waals surface area contributed by atoms with Crippen LogP contribution in [0.15, 0.2) is 64.5 Å². The van der Waals surface area contributed by atoms with Crippen LogP contribution in [0.1, 0.15) is 38.8 Å². The molecular formula is C21H25N5O4S. The average molecular weight is 444 g/mol. The van der Waals surface area contributed by atoms with Gasteiger partial charge in [-0.15, -0.1) is 4.99 Å². The number of anilines is 1. The number of nitrogens with two attached hydrogens (primary N) is 1. The van der Waals surface area contributed by atoms with E-state index in [9.17, 15) is 13.2 Å². The van der Waals surface area contributed by atoms with Crippen molar-refractivity contribution in [1.29, 1.82) is 5.26 Å². The normalized spacial score (nSPS) is 13.2. The van der Waals surface area contributed by atoms with E-state index in [2.05, 4.69) is 15.0 Å². The Morgan fingerprint density at radius 1 is 1.19 bits per heavy atom. The van der Waals surface area contributed by atoms with Gasteiger partial charge in [0.05, 0.1) is 17.4 Å². The van der Waals surface area contributed by atoms with Crippen molar-refractivity contribution in [3.8, 4) is 6.19 Å². The molecule has 0 bridgehead atoms. The molecule has 4 N–H and O–H groups in total. The number of hydrogen-bond acceptors (Lipinski definition) is 6. The molecule has 0 amide bonds. The number of carbonyl (C=O) groups is 1. The van der Waals surface area contributed by atoms with E-state index < -0.39 is 27.6 Å². The Kier molecular flexibility index (Phi) is 7.74. The predicted molar refractivity (Wildman–Crippen MR) is 117 cm³/mol. The van der Waals surface area contributed by atoms with Gasteiger partial charge in [-0.05, 0) is 44.5 Å². The number of sulfonamides is 1. The number of hydrogen-bond donors (Lipinski definition) is 3. The van der Waals surface area contributed by atoms with Gasteiger partial charge in [-0.1, -0.05) is 36.4 Å². The lowest BCUT2D eigenvalue weighted by Gasteiger charge is -2.23. The summed E-state index contributed by atoms with van der Waals surface area (Å²) in [6.07, 6.45) is 1.36. The smallest absolute Gasteiger partial charge is 0.308 e. The van der Waals surface area contributed by atoms with Crippen LogP contribution >= 0.6 is 0 Å². The predicted octanol–water partition coefficient (Wildman–Crippen LogP) is 2.65. The lowest BCUT2D eigenvalue weighted by Crippen LogP contribution is -2.32. The maximum Gasteiger partial charge on any atom is 0.308 e. The van der Waals surface area contributed by atoms with Gasteiger partial charge in [0.15, 0.2) is 0 Å². The number of carbonyl (C=O) groups excluding carboxylic acids is 1. The summed E-state index contributed by atoms with van der Waals surface area (Å²) >= 11 is 0. The Balaban J connectivity index is 2.30. The molecule has 0 saturated heterocycles. The quantitative estimate of drug-likeness (QED) is 0.258. The van der Waals surface area contributed by atoms with Crippen molar-refractivity contribution in [3.05, 3.63) is 60.2 Å². The second kappa shape index (κ2) is 10.1. The van der Waals surface area contributed by atoms with Crippen LogP contribution in [-0.2, 0) is 19.6 Å². The molecule has 0 saturated carbocycles. The van der Waals surface area contributed by atoms with E-state index in [1.54, 1.807) is 57.2 Å². The maximum atomic E-state index is 13.0. The molecule has 0 fully saturated rings. The van der Waals surface area contributed by atoms with E-state index >= 15 is 0 Å². The first-order valence-corrected chi connectivity index (χ1v) is 10.9. The van der Waals surface area contributed by atoms with Gasteiger partial charge in [-0.3, -0.25) is 4.79 Å². The standard InChI is InChI=1S/C21H25N5O4S/c1-21(2,3)30-19(27)13-18(15-8-5-4-6-9-15)26-31(28,29)17-11-7-10-16(12-17)25-20(23)24-14-22/h4-12,18,26H,13H2,1-3H3,(H3,23,24,25). The molecular weight excluding hydrogens is 418 g/mol. The topological polar surface area (TPSA) is 147 Å². The third kappa shape index (κ3) is 7.73. The summed E-state index contributed by atoms with van der Waals surface area (Å²) in [4.78, 5) is 15.7. The SMILES string of the molecule is CC(C)(C)OC(=O)CC(NS(=O)(=O)c1cccc(NC(N)=NC#N)c1)c1ccccc1. The van der Waals surface area contributed by atoms with Crippen LogP contribution in [0.5, 0.6) is 0 Å². The fourth-order valence-electron chi connectivity index (χ4n) is 2.69. The number of benzene rings is 2. The molecule has 2 rings (SSSR count). The third-order valence-corrected chi connectivity index (χ3v) is 5.35. The minimum absolute atomic E-state index is 0.0487. The first-order valence-electron chi connectivity index (χ1n) is 9.38. The van der Waals surface area contributed by atoms with Crippen molar-refractivity contribution in [2.45, 2.75) is 43.7 Å². The molecule has 0 aliphatic heterocycles. The van der Waals surface area contributed by atoms with Gasteiger partial charge in [0, 0.05) is 5.69 Å². The molecule has 0 aromatic heterocycles. The molecule has 10 heteroatoms. The molecule has 2 aromatic rings. The number of esters is 1. The minimum Gasteiger partial charge on any atom is -0.460 e. The number of nitrogens with zero attached hydrogens (tertiary/aromatic N) is 2. The number of aliphatic imine (C=N–C) groups is 1. The summed E-state index contributed by atoms with van der Waals surface area (Å²) in [6, 6.07) is 13.8. The zero-order chi connectivity index (χ0) is 23.1. The van der Waals surface area contributed by atoms with Crippen molar-refractivity contribution < 1.29 is 17.9 Å². The van der Waals surface area contributed by atoms with Gasteiger partial charge in [0.2, 0.25) is 22.2 Å². The van der Waals surface area contributed by atoms with Crippen LogP contribution in [0.3, 0.4) is 0 Å². The van der Waals surface area contributed by atoms with Crippen LogP contribution in [0.25, 0.3) is 0 Å². The number of nitriles is 1. The highest BCUT2D eigenvalue weighted by Gasteiger charge is 2.26. The number of guanidine groups is 1. The summed E-state index contributed by atoms with van der Waals surface area (Å²) in [6.45, 7) is 5.23. The van der Waals surface area contributed by atoms with Crippen LogP contribution in [-0.4, -0.2) is 25.9 Å². The first kappa shape index (κ1) is 23.9. The van der Waals surface area contributed by atoms with Gasteiger partial charge in [0.25, 0.3) is 0 Å². The molecule has 31 heavy (non-hydrogen) atoms. The molecule has 2 aromatic carbocycles. The number of nitrogens with one attached hydrogen (secondary N) is 2. The van der Waals surface area contributed by atoms with Gasteiger partial charge in [-0.2, -0.15) is 5.26 Å². The summed E-state index contributed by atoms with van der Waals surface area (Å²) < 4.78 is 34.0. The maximum absolute atomic E-state index is 13.0. The molecule has 0 radical (unpaired) electrons. The van der Waals surface area contributed by atoms with Crippen LogP contribution in [0.4, 0.5) is 5.69 Å². The molecule has 0 heterocycles. The zero-order valence-electron chi connectivity index (χ0n) is 17.5. The van der Waals surface area contributed by atoms with E-state index in [0.29, 0.717) is 11.3 Å². The minimum atomic E-state index is -4.01. The van der Waals surface area contributed by atoms with Gasteiger partial charge in [0.1, 0.15) is 5.60 Å². The highest BCUT2D eigenvalue weighted by atomic mass is 32.2. The molecule has 1 atom stereocenters. The second-order valence-corrected chi connectivity index (χ2v) is 9.34. The van der Waals surface area contributed by atoms with Crippen LogP contribution in [0.2, 0.25) is 0 Å². The molecule has 1 unspecified atom stereocenters. The molecule has 9 nitrogen and oxygen atoms in total. The summed E-state index contributed by atoms with van der Waals surface area (Å²) in [7, 11) is -4.01. The van der Waals surface area contributed by atoms with Crippen molar-refractivity contribution in [3.63, 3.8) is 0 Å². The third-order valence-electron chi connectivity index (χ3n) is 3.88. The number of rotatable bonds is 7. The summed E-state index contributed by atoms with van der Waals surface area (Å²) in [5.41, 5.74) is 5.80. The summed E-state index contributed by atoms with van der Waals surface area (Å²) in [5.74, 6) is -0.697. The Morgan fingerprint density at radius 2 is 1.87 bits per heavy atom. The van der Waals surface area contributed by atoms with Crippen LogP contribution < -0.4 is 15.8 Å². The fraction of sp³-hybridized carbons (Fsp3) is 0.286. The molecule has 0 spiro atoms. The van der Waals surface area contributed by atoms with Crippen molar-refractivity contribution in [1.82, 2.24) is 4.72 Å². The lowest BCUT2D eigenvalue weighted by molar-refractivity contribution is -0.155. The van der Waals surface area contributed by atoms with E-state index in [4.69, 9.17) is 15.7 Å². The van der Waals surface area contributed by atoms with Crippen molar-refractivity contribution >= 4 is 27.6 Å². The van der Waals surface area contributed by atoms with E-state index in [1.807, 2.05) is 0 Å². The van der Waals surface area contributed by atoms with E-state index in [1.165, 1.54) is 24.4 Å². The summed E-state index contributed by atoms with van der Waals surface area (Å²) in [5, 5.41) is 11.2. The van der Waals surface area contributed by atoms with E-state index in [0.717, 1.165) is 0 Å². The largest absolute Gasteiger partial charge is 0.460 e. The highest BCUT2D eigenvalue weighted by molar-refractivity contribution is 7.89. The molecule has 164 valence electrons. The van der Waals surface area contributed by atoms with Gasteiger partial charge >= 0.3 is 5.97 Å². The van der Waals surface area contributed by atoms with Crippen LogP contribution in [0, 0.1) is 11.5 Å². The first-order chi connectivity index (χ1) is 14.5. The second-order valence-electron chi connectivity index (χ2n) is 7.63. The van der Waals surface area contributed by atoms with Gasteiger partial charge < -0.3 is 15.8 Å². The zero-order valence-corrected chi connectivity index (χ0v) is 18.3. The number of ether oxygens (including phenoxy) is 1. The Bertz CT molecular complexity index is 1090. The highest BCUT2D eigenvalue weighted by Crippen LogP contribution is 2.23. The molecule has 0 aliphatic carbocycles. The van der Waals surface area contributed by atoms with Crippen molar-refractivity contribution in [2.75, 3.05) is 5.32 Å². The lowest BCUT2D eigenvalue weighted by atomic mass is 10.0. The van der Waals surface area contributed by atoms with Gasteiger partial charge in [-0.25, -0.2) is 13.1 Å². The van der Waals surface area contributed by atoms with E-state index in [-0.39, 0.29) is 17.3 Å². The molecule has 0 aliphatic rings. The monoisotopic (exact) mass is 443 g/mol. The fourth-order valence-corrected chi connectivity index (χ4v) is 3.96. The Hall–Kier alpha value is -3.42. The Labute approximate surface area is 182 Å². The Morgan fingerprint density at radius 3 is 2.48 bits per heavy atom. The van der Waals surface area contributed by atoms with Crippen molar-refractivity contribution in [2.24, 2.45) is 10.7 Å². The average Bonchev–Trinajstić information content (AvgIpc) is 2.67.